The second kappa shape index (κ2) is 5.89. The number of amides is 1. The van der Waals surface area contributed by atoms with Crippen molar-refractivity contribution in [2.45, 2.75) is 13.8 Å². The first-order valence-electron chi connectivity index (χ1n) is 7.06. The maximum Gasteiger partial charge on any atom is 0.349 e. The second-order valence-corrected chi connectivity index (χ2v) is 5.84. The molecule has 3 rings (SSSR count). The van der Waals surface area contributed by atoms with Gasteiger partial charge in [-0.25, -0.2) is 4.79 Å². The molecular formula is C18H14ClNO3. The molecule has 1 N–H and O–H groups in total. The molecule has 0 aliphatic rings. The highest BCUT2D eigenvalue weighted by Crippen LogP contribution is 2.22. The van der Waals surface area contributed by atoms with Crippen molar-refractivity contribution in [3.05, 3.63) is 74.6 Å². The van der Waals surface area contributed by atoms with Crippen LogP contribution in [0.3, 0.4) is 0 Å². The van der Waals surface area contributed by atoms with Crippen molar-refractivity contribution < 1.29 is 9.21 Å². The Morgan fingerprint density at radius 2 is 1.78 bits per heavy atom. The van der Waals surface area contributed by atoms with E-state index in [-0.39, 0.29) is 11.1 Å². The highest BCUT2D eigenvalue weighted by molar-refractivity contribution is 6.34. The predicted octanol–water partition coefficient (Wildman–Crippen LogP) is 4.32. The molecule has 0 aliphatic heterocycles. The number of hydrogen-bond donors (Lipinski definition) is 1. The average molecular weight is 328 g/mol. The van der Waals surface area contributed by atoms with E-state index in [1.165, 1.54) is 6.07 Å². The highest BCUT2D eigenvalue weighted by atomic mass is 35.5. The Labute approximate surface area is 137 Å². The van der Waals surface area contributed by atoms with E-state index in [1.807, 2.05) is 32.0 Å². The molecule has 0 radical (unpaired) electrons. The van der Waals surface area contributed by atoms with E-state index in [4.69, 9.17) is 16.0 Å². The zero-order valence-electron chi connectivity index (χ0n) is 12.6. The van der Waals surface area contributed by atoms with Crippen molar-refractivity contribution in [2.75, 3.05) is 5.32 Å². The molecule has 2 aromatic carbocycles. The van der Waals surface area contributed by atoms with Gasteiger partial charge in [-0.15, -0.1) is 0 Å². The van der Waals surface area contributed by atoms with E-state index in [9.17, 15) is 9.59 Å². The van der Waals surface area contributed by atoms with Gasteiger partial charge in [0.2, 0.25) is 0 Å². The molecule has 0 unspecified atom stereocenters. The Balaban J connectivity index is 2.01. The first kappa shape index (κ1) is 15.3. The SMILES string of the molecule is Cc1cc(C)cc(NC(=O)c2cc3cccc(Cl)c3oc2=O)c1. The number of nitrogens with one attached hydrogen (secondary N) is 1. The monoisotopic (exact) mass is 327 g/mol. The maximum atomic E-state index is 12.4. The molecule has 1 heterocycles. The number of aryl methyl sites for hydroxylation is 2. The lowest BCUT2D eigenvalue weighted by Gasteiger charge is -2.07. The van der Waals surface area contributed by atoms with Crippen molar-refractivity contribution in [3.8, 4) is 0 Å². The molecule has 0 saturated carbocycles. The van der Waals surface area contributed by atoms with Crippen molar-refractivity contribution in [1.82, 2.24) is 0 Å². The van der Waals surface area contributed by atoms with E-state index >= 15 is 0 Å². The van der Waals surface area contributed by atoms with Crippen molar-refractivity contribution in [2.24, 2.45) is 0 Å². The zero-order valence-corrected chi connectivity index (χ0v) is 13.4. The zero-order chi connectivity index (χ0) is 16.6. The molecule has 0 bridgehead atoms. The molecule has 1 aromatic heterocycles. The highest BCUT2D eigenvalue weighted by Gasteiger charge is 2.15. The van der Waals surface area contributed by atoms with Gasteiger partial charge in [0.15, 0.2) is 5.58 Å². The Kier molecular flexibility index (Phi) is 3.92. The van der Waals surface area contributed by atoms with Crippen molar-refractivity contribution in [1.29, 1.82) is 0 Å². The van der Waals surface area contributed by atoms with Crippen LogP contribution in [0.15, 0.2) is 51.7 Å². The van der Waals surface area contributed by atoms with Gasteiger partial charge in [0.05, 0.1) is 5.02 Å². The van der Waals surface area contributed by atoms with Gasteiger partial charge in [0.1, 0.15) is 5.56 Å². The number of benzene rings is 2. The molecule has 0 aliphatic carbocycles. The predicted molar refractivity (Wildman–Crippen MR) is 91.4 cm³/mol. The summed E-state index contributed by atoms with van der Waals surface area (Å²) < 4.78 is 5.18. The Morgan fingerprint density at radius 1 is 1.09 bits per heavy atom. The van der Waals surface area contributed by atoms with Crippen molar-refractivity contribution in [3.63, 3.8) is 0 Å². The summed E-state index contributed by atoms with van der Waals surface area (Å²) in [5.74, 6) is -0.509. The summed E-state index contributed by atoms with van der Waals surface area (Å²) >= 11 is 5.99. The van der Waals surface area contributed by atoms with Crippen LogP contribution in [0, 0.1) is 13.8 Å². The van der Waals surface area contributed by atoms with Crippen LogP contribution < -0.4 is 10.9 Å². The van der Waals surface area contributed by atoms with E-state index in [0.717, 1.165) is 11.1 Å². The van der Waals surface area contributed by atoms with Crippen LogP contribution in [0.2, 0.25) is 5.02 Å². The largest absolute Gasteiger partial charge is 0.421 e. The van der Waals surface area contributed by atoms with E-state index in [1.54, 1.807) is 18.2 Å². The fourth-order valence-electron chi connectivity index (χ4n) is 2.51. The van der Waals surface area contributed by atoms with Gasteiger partial charge in [0.25, 0.3) is 5.91 Å². The van der Waals surface area contributed by atoms with Crippen LogP contribution in [-0.4, -0.2) is 5.91 Å². The molecular weight excluding hydrogens is 314 g/mol. The van der Waals surface area contributed by atoms with Gasteiger partial charge in [-0.1, -0.05) is 29.8 Å². The summed E-state index contributed by atoms with van der Waals surface area (Å²) in [7, 11) is 0. The lowest BCUT2D eigenvalue weighted by atomic mass is 10.1. The van der Waals surface area contributed by atoms with Crippen molar-refractivity contribution >= 4 is 34.2 Å². The smallest absolute Gasteiger partial charge is 0.349 e. The third-order valence-corrected chi connectivity index (χ3v) is 3.73. The first-order valence-corrected chi connectivity index (χ1v) is 7.44. The minimum absolute atomic E-state index is 0.0566. The molecule has 0 atom stereocenters. The Bertz CT molecular complexity index is 955. The molecule has 0 spiro atoms. The summed E-state index contributed by atoms with van der Waals surface area (Å²) in [4.78, 5) is 24.4. The van der Waals surface area contributed by atoms with E-state index in [2.05, 4.69) is 5.32 Å². The molecule has 116 valence electrons. The van der Waals surface area contributed by atoms with Gasteiger partial charge in [-0.2, -0.15) is 0 Å². The van der Waals surface area contributed by atoms with Crippen LogP contribution >= 0.6 is 11.6 Å². The number of halogens is 1. The fourth-order valence-corrected chi connectivity index (χ4v) is 2.73. The minimum Gasteiger partial charge on any atom is -0.421 e. The number of hydrogen-bond acceptors (Lipinski definition) is 3. The number of rotatable bonds is 2. The molecule has 1 amide bonds. The number of carbonyl (C=O) groups is 1. The van der Waals surface area contributed by atoms with Gasteiger partial charge >= 0.3 is 5.63 Å². The minimum atomic E-state index is -0.715. The molecule has 23 heavy (non-hydrogen) atoms. The number of para-hydroxylation sites is 1. The summed E-state index contributed by atoms with van der Waals surface area (Å²) in [6, 6.07) is 12.3. The summed E-state index contributed by atoms with van der Waals surface area (Å²) in [5, 5.41) is 3.66. The molecule has 0 saturated heterocycles. The second-order valence-electron chi connectivity index (χ2n) is 5.44. The van der Waals surface area contributed by atoms with Gasteiger partial charge in [-0.05, 0) is 49.2 Å². The van der Waals surface area contributed by atoms with Gasteiger partial charge in [-0.3, -0.25) is 4.79 Å². The quantitative estimate of drug-likeness (QED) is 0.713. The topological polar surface area (TPSA) is 59.3 Å². The molecule has 3 aromatic rings. The number of carbonyl (C=O) groups excluding carboxylic acids is 1. The summed E-state index contributed by atoms with van der Waals surface area (Å²) in [5.41, 5.74) is 2.20. The maximum absolute atomic E-state index is 12.4. The first-order chi connectivity index (χ1) is 10.9. The van der Waals surface area contributed by atoms with E-state index in [0.29, 0.717) is 16.1 Å². The standard InChI is InChI=1S/C18H14ClNO3/c1-10-6-11(2)8-13(7-10)20-17(21)14-9-12-4-3-5-15(19)16(12)23-18(14)22/h3-9H,1-2H3,(H,20,21). The van der Waals surface area contributed by atoms with Gasteiger partial charge in [0, 0.05) is 11.1 Å². The normalized spacial score (nSPS) is 10.7. The van der Waals surface area contributed by atoms with Crippen LogP contribution in [-0.2, 0) is 0 Å². The molecule has 4 nitrogen and oxygen atoms in total. The Morgan fingerprint density at radius 3 is 2.48 bits per heavy atom. The van der Waals surface area contributed by atoms with Gasteiger partial charge < -0.3 is 9.73 Å². The number of anilines is 1. The average Bonchev–Trinajstić information content (AvgIpc) is 2.46. The third kappa shape index (κ3) is 3.12. The lowest BCUT2D eigenvalue weighted by molar-refractivity contribution is 0.102. The lowest BCUT2D eigenvalue weighted by Crippen LogP contribution is -2.20. The number of fused-ring (bicyclic) bond motifs is 1. The summed E-state index contributed by atoms with van der Waals surface area (Å²) in [6.07, 6.45) is 0. The van der Waals surface area contributed by atoms with Crippen LogP contribution in [0.25, 0.3) is 11.0 Å². The fraction of sp³-hybridized carbons (Fsp3) is 0.111. The van der Waals surface area contributed by atoms with E-state index < -0.39 is 11.5 Å². The van der Waals surface area contributed by atoms with Crippen LogP contribution in [0.1, 0.15) is 21.5 Å². The Hall–Kier alpha value is -2.59. The summed E-state index contributed by atoms with van der Waals surface area (Å²) in [6.45, 7) is 3.88. The third-order valence-electron chi connectivity index (χ3n) is 3.44. The molecule has 5 heteroatoms. The van der Waals surface area contributed by atoms with Crippen LogP contribution in [0.5, 0.6) is 0 Å². The van der Waals surface area contributed by atoms with Crippen LogP contribution in [0.4, 0.5) is 5.69 Å². The molecule has 0 fully saturated rings.